The van der Waals surface area contributed by atoms with Crippen molar-refractivity contribution in [3.8, 4) is 0 Å². The van der Waals surface area contributed by atoms with Crippen LogP contribution in [0.25, 0.3) is 0 Å². The highest BCUT2D eigenvalue weighted by molar-refractivity contribution is 9.11. The first-order valence-electron chi connectivity index (χ1n) is 5.82. The van der Waals surface area contributed by atoms with Gasteiger partial charge in [-0.05, 0) is 48.7 Å². The van der Waals surface area contributed by atoms with Gasteiger partial charge in [0.1, 0.15) is 0 Å². The molecule has 4 heteroatoms. The van der Waals surface area contributed by atoms with Gasteiger partial charge in [0.2, 0.25) is 0 Å². The van der Waals surface area contributed by atoms with Crippen molar-refractivity contribution in [1.29, 1.82) is 0 Å². The Balaban J connectivity index is 2.39. The molecule has 0 saturated heterocycles. The fourth-order valence-electron chi connectivity index (χ4n) is 1.80. The van der Waals surface area contributed by atoms with E-state index >= 15 is 0 Å². The van der Waals surface area contributed by atoms with Crippen LogP contribution in [-0.4, -0.2) is 0 Å². The van der Waals surface area contributed by atoms with Gasteiger partial charge in [0, 0.05) is 18.7 Å². The number of nitrogens with two attached hydrogens (primary N) is 1. The van der Waals surface area contributed by atoms with Crippen LogP contribution in [0, 0.1) is 6.92 Å². The normalized spacial score (nSPS) is 12.7. The van der Waals surface area contributed by atoms with Gasteiger partial charge in [-0.25, -0.2) is 0 Å². The molecule has 96 valence electrons. The van der Waals surface area contributed by atoms with Gasteiger partial charge in [-0.1, -0.05) is 38.8 Å². The number of rotatable bonds is 3. The van der Waals surface area contributed by atoms with Crippen LogP contribution in [0.15, 0.2) is 33.2 Å². The molecule has 0 aliphatic carbocycles. The maximum absolute atomic E-state index is 6.36. The highest BCUT2D eigenvalue weighted by atomic mass is 79.9. The minimum Gasteiger partial charge on any atom is -0.320 e. The highest BCUT2D eigenvalue weighted by Gasteiger charge is 2.15. The molecule has 1 aromatic heterocycles. The molecule has 0 saturated carbocycles. The minimum absolute atomic E-state index is 0.0680. The summed E-state index contributed by atoms with van der Waals surface area (Å²) in [6.45, 7) is 4.24. The molecule has 1 atom stereocenters. The molecular weight excluding hydrogens is 374 g/mol. The second-order valence-corrected chi connectivity index (χ2v) is 7.17. The molecule has 0 fully saturated rings. The van der Waals surface area contributed by atoms with E-state index in [0.29, 0.717) is 0 Å². The van der Waals surface area contributed by atoms with Gasteiger partial charge in [-0.3, -0.25) is 0 Å². The molecule has 0 bridgehead atoms. The number of hydrogen-bond donors (Lipinski definition) is 1. The summed E-state index contributed by atoms with van der Waals surface area (Å²) in [5.41, 5.74) is 8.69. The van der Waals surface area contributed by atoms with Crippen molar-refractivity contribution in [2.45, 2.75) is 26.3 Å². The third kappa shape index (κ3) is 2.87. The fourth-order valence-corrected chi connectivity index (χ4v) is 3.84. The van der Waals surface area contributed by atoms with Gasteiger partial charge in [0.05, 0.1) is 6.04 Å². The molecule has 1 heterocycles. The first kappa shape index (κ1) is 14.3. The molecule has 2 N–H and O–H groups in total. The van der Waals surface area contributed by atoms with Crippen molar-refractivity contribution >= 4 is 43.2 Å². The van der Waals surface area contributed by atoms with E-state index in [9.17, 15) is 0 Å². The maximum Gasteiger partial charge on any atom is 0.0657 e. The number of hydrogen-bond acceptors (Lipinski definition) is 2. The third-order valence-electron chi connectivity index (χ3n) is 2.95. The lowest BCUT2D eigenvalue weighted by Crippen LogP contribution is -2.11. The van der Waals surface area contributed by atoms with E-state index in [1.807, 2.05) is 0 Å². The van der Waals surface area contributed by atoms with Crippen molar-refractivity contribution in [2.75, 3.05) is 0 Å². The topological polar surface area (TPSA) is 26.0 Å². The second kappa shape index (κ2) is 5.87. The summed E-state index contributed by atoms with van der Waals surface area (Å²) in [7, 11) is 0. The summed E-state index contributed by atoms with van der Waals surface area (Å²) >= 11 is 8.97. The van der Waals surface area contributed by atoms with Gasteiger partial charge in [0.25, 0.3) is 0 Å². The monoisotopic (exact) mass is 387 g/mol. The zero-order chi connectivity index (χ0) is 13.3. The minimum atomic E-state index is -0.0680. The number of aryl methyl sites for hydroxylation is 2. The molecule has 1 unspecified atom stereocenters. The largest absolute Gasteiger partial charge is 0.320 e. The zero-order valence-corrected chi connectivity index (χ0v) is 14.3. The van der Waals surface area contributed by atoms with Crippen molar-refractivity contribution in [3.05, 3.63) is 54.1 Å². The predicted octanol–water partition coefficient (Wildman–Crippen LogP) is 5.19. The van der Waals surface area contributed by atoms with Crippen molar-refractivity contribution in [2.24, 2.45) is 5.73 Å². The van der Waals surface area contributed by atoms with Gasteiger partial charge < -0.3 is 5.73 Å². The first-order valence-corrected chi connectivity index (χ1v) is 8.23. The lowest BCUT2D eigenvalue weighted by Gasteiger charge is -2.14. The Bertz CT molecular complexity index is 563. The molecule has 0 spiro atoms. The second-order valence-electron chi connectivity index (χ2n) is 4.26. The van der Waals surface area contributed by atoms with E-state index in [1.54, 1.807) is 11.3 Å². The molecule has 0 aliphatic heterocycles. The quantitative estimate of drug-likeness (QED) is 0.768. The summed E-state index contributed by atoms with van der Waals surface area (Å²) in [5.74, 6) is 0. The molecular formula is C14H15Br2NS. The van der Waals surface area contributed by atoms with Crippen LogP contribution in [0.2, 0.25) is 0 Å². The predicted molar refractivity (Wildman–Crippen MR) is 86.3 cm³/mol. The Morgan fingerprint density at radius 3 is 2.56 bits per heavy atom. The molecule has 0 radical (unpaired) electrons. The van der Waals surface area contributed by atoms with Gasteiger partial charge >= 0.3 is 0 Å². The Hall–Kier alpha value is -0.160. The standard InChI is InChI=1S/C14H15Br2NS/c1-3-9-4-5-13(18-9)14(17)10-7-11(15)8(2)6-12(10)16/h4-7,14H,3,17H2,1-2H3. The highest BCUT2D eigenvalue weighted by Crippen LogP contribution is 2.34. The molecule has 0 aliphatic rings. The van der Waals surface area contributed by atoms with Gasteiger partial charge in [-0.2, -0.15) is 0 Å². The van der Waals surface area contributed by atoms with Crippen LogP contribution in [0.4, 0.5) is 0 Å². The molecule has 0 amide bonds. The Kier molecular flexibility index (Phi) is 4.64. The Labute approximate surface area is 129 Å². The number of halogens is 2. The van der Waals surface area contributed by atoms with Crippen LogP contribution < -0.4 is 5.73 Å². The van der Waals surface area contributed by atoms with E-state index in [2.05, 4.69) is 70.0 Å². The molecule has 2 rings (SSSR count). The smallest absolute Gasteiger partial charge is 0.0657 e. The van der Waals surface area contributed by atoms with Crippen LogP contribution in [0.1, 0.15) is 33.8 Å². The number of thiophene rings is 1. The average Bonchev–Trinajstić information content (AvgIpc) is 2.81. The molecule has 18 heavy (non-hydrogen) atoms. The van der Waals surface area contributed by atoms with Crippen LogP contribution >= 0.6 is 43.2 Å². The van der Waals surface area contributed by atoms with Crippen molar-refractivity contribution < 1.29 is 0 Å². The summed E-state index contributed by atoms with van der Waals surface area (Å²) in [5, 5.41) is 0. The van der Waals surface area contributed by atoms with Gasteiger partial charge in [-0.15, -0.1) is 11.3 Å². The third-order valence-corrected chi connectivity index (χ3v) is 5.80. The van der Waals surface area contributed by atoms with Crippen LogP contribution in [0.3, 0.4) is 0 Å². The molecule has 1 aromatic carbocycles. The summed E-state index contributed by atoms with van der Waals surface area (Å²) in [6, 6.07) is 8.44. The fraction of sp³-hybridized carbons (Fsp3) is 0.286. The van der Waals surface area contributed by atoms with Crippen LogP contribution in [-0.2, 0) is 6.42 Å². The summed E-state index contributed by atoms with van der Waals surface area (Å²) < 4.78 is 2.17. The maximum atomic E-state index is 6.36. The Morgan fingerprint density at radius 1 is 1.22 bits per heavy atom. The average molecular weight is 389 g/mol. The van der Waals surface area contributed by atoms with E-state index < -0.39 is 0 Å². The van der Waals surface area contributed by atoms with Crippen molar-refractivity contribution in [1.82, 2.24) is 0 Å². The number of benzene rings is 1. The lowest BCUT2D eigenvalue weighted by molar-refractivity contribution is 0.885. The lowest BCUT2D eigenvalue weighted by atomic mass is 10.0. The molecule has 2 aromatic rings. The van der Waals surface area contributed by atoms with Crippen molar-refractivity contribution in [3.63, 3.8) is 0 Å². The SMILES string of the molecule is CCc1ccc(C(N)c2cc(Br)c(C)cc2Br)s1. The van der Waals surface area contributed by atoms with E-state index in [0.717, 1.165) is 20.9 Å². The van der Waals surface area contributed by atoms with Crippen LogP contribution in [0.5, 0.6) is 0 Å². The Morgan fingerprint density at radius 2 is 1.94 bits per heavy atom. The van der Waals surface area contributed by atoms with E-state index in [1.165, 1.54) is 15.3 Å². The van der Waals surface area contributed by atoms with Gasteiger partial charge in [0.15, 0.2) is 0 Å². The summed E-state index contributed by atoms with van der Waals surface area (Å²) in [6.07, 6.45) is 1.07. The summed E-state index contributed by atoms with van der Waals surface area (Å²) in [4.78, 5) is 2.59. The first-order chi connectivity index (χ1) is 8.52. The zero-order valence-electron chi connectivity index (χ0n) is 10.3. The van der Waals surface area contributed by atoms with E-state index in [-0.39, 0.29) is 6.04 Å². The van der Waals surface area contributed by atoms with E-state index in [4.69, 9.17) is 5.73 Å². The molecule has 1 nitrogen and oxygen atoms in total.